The Labute approximate surface area is 140 Å². The van der Waals surface area contributed by atoms with Crippen LogP contribution in [0.1, 0.15) is 17.3 Å². The highest BCUT2D eigenvalue weighted by Crippen LogP contribution is 2.30. The van der Waals surface area contributed by atoms with Crippen LogP contribution < -0.4 is 14.2 Å². The average Bonchev–Trinajstić information content (AvgIpc) is 2.62. The molecular weight excluding hydrogens is 304 g/mol. The maximum Gasteiger partial charge on any atom is 0.347 e. The molecule has 0 atom stereocenters. The van der Waals surface area contributed by atoms with Gasteiger partial charge in [-0.05, 0) is 42.0 Å². The van der Waals surface area contributed by atoms with Gasteiger partial charge in [-0.1, -0.05) is 36.4 Å². The summed E-state index contributed by atoms with van der Waals surface area (Å²) in [5.41, 5.74) is 0.390. The predicted molar refractivity (Wildman–Crippen MR) is 93.1 cm³/mol. The number of carbonyl (C=O) groups is 1. The summed E-state index contributed by atoms with van der Waals surface area (Å²) in [4.78, 5) is 12.7. The molecule has 0 spiro atoms. The topological polar surface area (TPSA) is 44.8 Å². The Hall–Kier alpha value is -3.01. The summed E-state index contributed by atoms with van der Waals surface area (Å²) in [5, 5.41) is 1.96. The van der Waals surface area contributed by atoms with Gasteiger partial charge in [0.1, 0.15) is 11.3 Å². The number of rotatable bonds is 5. The molecule has 0 N–H and O–H groups in total. The Balaban J connectivity index is 2.00. The monoisotopic (exact) mass is 322 g/mol. The van der Waals surface area contributed by atoms with Crippen molar-refractivity contribution in [1.82, 2.24) is 0 Å². The van der Waals surface area contributed by atoms with Gasteiger partial charge in [0.2, 0.25) is 0 Å². The van der Waals surface area contributed by atoms with E-state index in [-0.39, 0.29) is 0 Å². The number of para-hydroxylation sites is 2. The number of ether oxygens (including phenoxy) is 3. The van der Waals surface area contributed by atoms with Crippen molar-refractivity contribution in [2.75, 3.05) is 13.7 Å². The molecule has 3 rings (SSSR count). The number of carbonyl (C=O) groups excluding carboxylic acids is 1. The Kier molecular flexibility index (Phi) is 4.66. The molecule has 3 aromatic carbocycles. The van der Waals surface area contributed by atoms with Crippen molar-refractivity contribution in [2.24, 2.45) is 0 Å². The lowest BCUT2D eigenvalue weighted by Gasteiger charge is -2.13. The van der Waals surface area contributed by atoms with Crippen molar-refractivity contribution in [3.05, 3.63) is 66.2 Å². The molecule has 3 aromatic rings. The van der Waals surface area contributed by atoms with Crippen LogP contribution in [0.4, 0.5) is 0 Å². The zero-order valence-corrected chi connectivity index (χ0v) is 13.6. The van der Waals surface area contributed by atoms with Gasteiger partial charge in [-0.25, -0.2) is 4.79 Å². The molecule has 122 valence electrons. The highest BCUT2D eigenvalue weighted by Gasteiger charge is 2.18. The second-order valence-electron chi connectivity index (χ2n) is 5.17. The van der Waals surface area contributed by atoms with Crippen LogP contribution in [0.15, 0.2) is 60.7 Å². The van der Waals surface area contributed by atoms with Crippen molar-refractivity contribution in [1.29, 1.82) is 0 Å². The van der Waals surface area contributed by atoms with Crippen molar-refractivity contribution in [3.8, 4) is 17.2 Å². The summed E-state index contributed by atoms with van der Waals surface area (Å²) >= 11 is 0. The fraction of sp³-hybridized carbons (Fsp3) is 0.150. The second kappa shape index (κ2) is 7.04. The maximum atomic E-state index is 12.7. The summed E-state index contributed by atoms with van der Waals surface area (Å²) in [6, 6.07) is 18.5. The SMILES string of the molecule is CCOc1cc2ccccc2cc1C(=O)Oc1ccccc1OC. The van der Waals surface area contributed by atoms with Crippen molar-refractivity contribution >= 4 is 16.7 Å². The normalized spacial score (nSPS) is 10.4. The van der Waals surface area contributed by atoms with Gasteiger partial charge in [-0.15, -0.1) is 0 Å². The number of methoxy groups -OCH3 is 1. The van der Waals surface area contributed by atoms with E-state index < -0.39 is 5.97 Å². The minimum atomic E-state index is -0.478. The Bertz CT molecular complexity index is 870. The van der Waals surface area contributed by atoms with Crippen LogP contribution in [0.3, 0.4) is 0 Å². The molecule has 0 aliphatic heterocycles. The standard InChI is InChI=1S/C20H18O4/c1-3-23-19-13-15-9-5-4-8-14(15)12-16(19)20(21)24-18-11-7-6-10-17(18)22-2/h4-13H,3H2,1-2H3. The molecule has 0 aromatic heterocycles. The van der Waals surface area contributed by atoms with E-state index in [1.54, 1.807) is 24.3 Å². The summed E-state index contributed by atoms with van der Waals surface area (Å²) in [6.07, 6.45) is 0. The summed E-state index contributed by atoms with van der Waals surface area (Å²) in [5.74, 6) is 0.912. The minimum absolute atomic E-state index is 0.376. The molecule has 0 saturated carbocycles. The molecule has 4 heteroatoms. The summed E-state index contributed by atoms with van der Waals surface area (Å²) in [7, 11) is 1.54. The molecule has 0 aliphatic rings. The first kappa shape index (κ1) is 15.9. The fourth-order valence-electron chi connectivity index (χ4n) is 2.51. The van der Waals surface area contributed by atoms with E-state index in [9.17, 15) is 4.79 Å². The van der Waals surface area contributed by atoms with Crippen molar-refractivity contribution in [3.63, 3.8) is 0 Å². The zero-order valence-electron chi connectivity index (χ0n) is 13.6. The molecule has 0 amide bonds. The predicted octanol–water partition coefficient (Wildman–Crippen LogP) is 4.47. The third-order valence-electron chi connectivity index (χ3n) is 3.64. The van der Waals surface area contributed by atoms with Gasteiger partial charge in [0.15, 0.2) is 11.5 Å². The van der Waals surface area contributed by atoms with Gasteiger partial charge < -0.3 is 14.2 Å². The zero-order chi connectivity index (χ0) is 16.9. The number of hydrogen-bond acceptors (Lipinski definition) is 4. The highest BCUT2D eigenvalue weighted by molar-refractivity contribution is 5.99. The average molecular weight is 322 g/mol. The molecule has 0 bridgehead atoms. The van der Waals surface area contributed by atoms with Gasteiger partial charge in [0.05, 0.1) is 13.7 Å². The minimum Gasteiger partial charge on any atom is -0.493 e. The van der Waals surface area contributed by atoms with E-state index in [1.807, 2.05) is 43.3 Å². The highest BCUT2D eigenvalue weighted by atomic mass is 16.6. The molecule has 0 fully saturated rings. The van der Waals surface area contributed by atoms with Crippen LogP contribution in [-0.4, -0.2) is 19.7 Å². The quantitative estimate of drug-likeness (QED) is 0.514. The first-order chi connectivity index (χ1) is 11.7. The Morgan fingerprint density at radius 3 is 2.17 bits per heavy atom. The lowest BCUT2D eigenvalue weighted by molar-refractivity contribution is 0.0725. The fourth-order valence-corrected chi connectivity index (χ4v) is 2.51. The largest absolute Gasteiger partial charge is 0.493 e. The first-order valence-electron chi connectivity index (χ1n) is 7.73. The lowest BCUT2D eigenvalue weighted by atomic mass is 10.1. The number of hydrogen-bond donors (Lipinski definition) is 0. The van der Waals surface area contributed by atoms with Gasteiger partial charge in [-0.3, -0.25) is 0 Å². The van der Waals surface area contributed by atoms with E-state index in [0.29, 0.717) is 29.4 Å². The van der Waals surface area contributed by atoms with E-state index in [1.165, 1.54) is 7.11 Å². The van der Waals surface area contributed by atoms with Crippen LogP contribution in [0.5, 0.6) is 17.2 Å². The second-order valence-corrected chi connectivity index (χ2v) is 5.17. The van der Waals surface area contributed by atoms with E-state index in [2.05, 4.69) is 0 Å². The molecular formula is C20H18O4. The van der Waals surface area contributed by atoms with E-state index >= 15 is 0 Å². The van der Waals surface area contributed by atoms with Crippen LogP contribution in [0.25, 0.3) is 10.8 Å². The first-order valence-corrected chi connectivity index (χ1v) is 7.73. The van der Waals surface area contributed by atoms with Crippen molar-refractivity contribution in [2.45, 2.75) is 6.92 Å². The van der Waals surface area contributed by atoms with Crippen LogP contribution in [0, 0.1) is 0 Å². The van der Waals surface area contributed by atoms with Gasteiger partial charge in [0, 0.05) is 0 Å². The van der Waals surface area contributed by atoms with Gasteiger partial charge >= 0.3 is 5.97 Å². The van der Waals surface area contributed by atoms with Crippen LogP contribution in [0.2, 0.25) is 0 Å². The molecule has 0 unspecified atom stereocenters. The molecule has 0 saturated heterocycles. The molecule has 0 heterocycles. The molecule has 24 heavy (non-hydrogen) atoms. The van der Waals surface area contributed by atoms with Gasteiger partial charge in [-0.2, -0.15) is 0 Å². The third kappa shape index (κ3) is 3.18. The summed E-state index contributed by atoms with van der Waals surface area (Å²) < 4.78 is 16.4. The Morgan fingerprint density at radius 2 is 1.50 bits per heavy atom. The number of esters is 1. The maximum absolute atomic E-state index is 12.7. The van der Waals surface area contributed by atoms with E-state index in [4.69, 9.17) is 14.2 Å². The van der Waals surface area contributed by atoms with Gasteiger partial charge in [0.25, 0.3) is 0 Å². The molecule has 0 aliphatic carbocycles. The van der Waals surface area contributed by atoms with Crippen LogP contribution >= 0.6 is 0 Å². The molecule has 4 nitrogen and oxygen atoms in total. The number of benzene rings is 3. The number of fused-ring (bicyclic) bond motifs is 1. The lowest BCUT2D eigenvalue weighted by Crippen LogP contribution is -2.11. The van der Waals surface area contributed by atoms with E-state index in [0.717, 1.165) is 10.8 Å². The Morgan fingerprint density at radius 1 is 0.875 bits per heavy atom. The van der Waals surface area contributed by atoms with Crippen molar-refractivity contribution < 1.29 is 19.0 Å². The molecule has 0 radical (unpaired) electrons. The third-order valence-corrected chi connectivity index (χ3v) is 3.64. The summed E-state index contributed by atoms with van der Waals surface area (Å²) in [6.45, 7) is 2.35. The smallest absolute Gasteiger partial charge is 0.347 e. The van der Waals surface area contributed by atoms with Crippen LogP contribution in [-0.2, 0) is 0 Å².